The molecule has 2 unspecified atom stereocenters. The van der Waals surface area contributed by atoms with E-state index in [9.17, 15) is 0 Å². The van der Waals surface area contributed by atoms with Crippen LogP contribution in [0.2, 0.25) is 0 Å². The van der Waals surface area contributed by atoms with Gasteiger partial charge in [-0.25, -0.2) is 0 Å². The lowest BCUT2D eigenvalue weighted by atomic mass is 9.99. The van der Waals surface area contributed by atoms with Crippen LogP contribution in [0.25, 0.3) is 0 Å². The first-order valence-corrected chi connectivity index (χ1v) is 7.48. The van der Waals surface area contributed by atoms with Crippen LogP contribution in [0.3, 0.4) is 0 Å². The average Bonchev–Trinajstić information content (AvgIpc) is 2.43. The number of piperidine rings is 1. The number of rotatable bonds is 7. The Kier molecular flexibility index (Phi) is 7.16. The SMILES string of the molecule is CCN(CCC1CCCCN1C)CC(C)C(N)=NO. The van der Waals surface area contributed by atoms with E-state index in [-0.39, 0.29) is 5.92 Å². The number of nitrogens with zero attached hydrogens (tertiary/aromatic N) is 3. The van der Waals surface area contributed by atoms with Crippen LogP contribution in [-0.2, 0) is 0 Å². The fourth-order valence-corrected chi connectivity index (χ4v) is 2.80. The highest BCUT2D eigenvalue weighted by Gasteiger charge is 2.20. The highest BCUT2D eigenvalue weighted by molar-refractivity contribution is 5.82. The second-order valence-corrected chi connectivity index (χ2v) is 5.74. The Morgan fingerprint density at radius 1 is 1.53 bits per heavy atom. The largest absolute Gasteiger partial charge is 0.409 e. The molecular weight excluding hydrogens is 240 g/mol. The summed E-state index contributed by atoms with van der Waals surface area (Å²) < 4.78 is 0. The Morgan fingerprint density at radius 3 is 2.84 bits per heavy atom. The molecule has 1 aliphatic rings. The van der Waals surface area contributed by atoms with E-state index in [1.165, 1.54) is 32.2 Å². The van der Waals surface area contributed by atoms with Gasteiger partial charge in [0.1, 0.15) is 5.84 Å². The normalized spacial score (nSPS) is 23.8. The van der Waals surface area contributed by atoms with E-state index >= 15 is 0 Å². The molecule has 5 heteroatoms. The minimum Gasteiger partial charge on any atom is -0.409 e. The molecule has 0 bridgehead atoms. The molecule has 0 amide bonds. The van der Waals surface area contributed by atoms with Crippen LogP contribution >= 0.6 is 0 Å². The molecule has 1 aliphatic heterocycles. The number of hydrogen-bond acceptors (Lipinski definition) is 4. The number of amidine groups is 1. The third kappa shape index (κ3) is 5.37. The average molecular weight is 270 g/mol. The number of likely N-dealkylation sites (tertiary alicyclic amines) is 1. The quantitative estimate of drug-likeness (QED) is 0.319. The summed E-state index contributed by atoms with van der Waals surface area (Å²) in [7, 11) is 2.24. The molecule has 1 fully saturated rings. The summed E-state index contributed by atoms with van der Waals surface area (Å²) >= 11 is 0. The van der Waals surface area contributed by atoms with Gasteiger partial charge in [-0.1, -0.05) is 25.4 Å². The monoisotopic (exact) mass is 270 g/mol. The predicted octanol–water partition coefficient (Wildman–Crippen LogP) is 1.57. The molecule has 1 heterocycles. The smallest absolute Gasteiger partial charge is 0.143 e. The van der Waals surface area contributed by atoms with Crippen molar-refractivity contribution in [2.75, 3.05) is 33.2 Å². The van der Waals surface area contributed by atoms with Gasteiger partial charge in [-0.3, -0.25) is 0 Å². The van der Waals surface area contributed by atoms with Crippen LogP contribution in [-0.4, -0.2) is 60.1 Å². The van der Waals surface area contributed by atoms with Gasteiger partial charge in [-0.2, -0.15) is 0 Å². The molecule has 19 heavy (non-hydrogen) atoms. The lowest BCUT2D eigenvalue weighted by Gasteiger charge is -2.34. The summed E-state index contributed by atoms with van der Waals surface area (Å²) in [5, 5.41) is 11.8. The number of nitrogens with two attached hydrogens (primary N) is 1. The van der Waals surface area contributed by atoms with Crippen molar-refractivity contribution < 1.29 is 5.21 Å². The Bertz CT molecular complexity index is 283. The fourth-order valence-electron chi connectivity index (χ4n) is 2.80. The zero-order chi connectivity index (χ0) is 14.3. The van der Waals surface area contributed by atoms with E-state index in [0.717, 1.165) is 25.7 Å². The first-order valence-electron chi connectivity index (χ1n) is 7.48. The molecule has 1 saturated heterocycles. The lowest BCUT2D eigenvalue weighted by molar-refractivity contribution is 0.153. The molecule has 3 N–H and O–H groups in total. The van der Waals surface area contributed by atoms with Gasteiger partial charge in [0.2, 0.25) is 0 Å². The van der Waals surface area contributed by atoms with E-state index in [0.29, 0.717) is 5.84 Å². The molecule has 2 atom stereocenters. The van der Waals surface area contributed by atoms with Crippen molar-refractivity contribution in [1.29, 1.82) is 0 Å². The Balaban J connectivity index is 2.35. The van der Waals surface area contributed by atoms with Gasteiger partial charge >= 0.3 is 0 Å². The second-order valence-electron chi connectivity index (χ2n) is 5.74. The number of oxime groups is 1. The van der Waals surface area contributed by atoms with Crippen LogP contribution in [0.1, 0.15) is 39.5 Å². The molecule has 0 aromatic rings. The van der Waals surface area contributed by atoms with Crippen molar-refractivity contribution in [1.82, 2.24) is 9.80 Å². The zero-order valence-corrected chi connectivity index (χ0v) is 12.7. The van der Waals surface area contributed by atoms with E-state index in [1.54, 1.807) is 0 Å². The van der Waals surface area contributed by atoms with Crippen LogP contribution in [0.15, 0.2) is 5.16 Å². The van der Waals surface area contributed by atoms with E-state index < -0.39 is 0 Å². The predicted molar refractivity (Wildman–Crippen MR) is 79.6 cm³/mol. The third-order valence-electron chi connectivity index (χ3n) is 4.30. The van der Waals surface area contributed by atoms with Gasteiger partial charge < -0.3 is 20.7 Å². The zero-order valence-electron chi connectivity index (χ0n) is 12.7. The molecule has 112 valence electrons. The van der Waals surface area contributed by atoms with Crippen LogP contribution < -0.4 is 5.73 Å². The van der Waals surface area contributed by atoms with Crippen molar-refractivity contribution in [3.05, 3.63) is 0 Å². The maximum atomic E-state index is 8.70. The van der Waals surface area contributed by atoms with Crippen LogP contribution in [0.5, 0.6) is 0 Å². The summed E-state index contributed by atoms with van der Waals surface area (Å²) in [4.78, 5) is 4.88. The standard InChI is InChI=1S/C14H30N4O/c1-4-18(11-12(2)14(15)16-19)10-8-13-7-5-6-9-17(13)3/h12-13,19H,4-11H2,1-3H3,(H2,15,16). The first kappa shape index (κ1) is 16.2. The molecule has 0 aliphatic carbocycles. The van der Waals surface area contributed by atoms with E-state index in [1.807, 2.05) is 6.92 Å². The molecule has 1 rings (SSSR count). The van der Waals surface area contributed by atoms with Crippen molar-refractivity contribution in [3.8, 4) is 0 Å². The molecule has 0 saturated carbocycles. The summed E-state index contributed by atoms with van der Waals surface area (Å²) in [6, 6.07) is 0.724. The van der Waals surface area contributed by atoms with Gasteiger partial charge in [0, 0.05) is 18.5 Å². The Labute approximate surface area is 117 Å². The van der Waals surface area contributed by atoms with Gasteiger partial charge in [0.25, 0.3) is 0 Å². The Morgan fingerprint density at radius 2 is 2.26 bits per heavy atom. The summed E-state index contributed by atoms with van der Waals surface area (Å²) in [5.74, 6) is 0.433. The second kappa shape index (κ2) is 8.38. The molecule has 0 aromatic heterocycles. The van der Waals surface area contributed by atoms with Crippen LogP contribution in [0, 0.1) is 5.92 Å². The molecular formula is C14H30N4O. The topological polar surface area (TPSA) is 65.1 Å². The van der Waals surface area contributed by atoms with Crippen LogP contribution in [0.4, 0.5) is 0 Å². The number of hydrogen-bond donors (Lipinski definition) is 2. The van der Waals surface area contributed by atoms with E-state index in [4.69, 9.17) is 10.9 Å². The van der Waals surface area contributed by atoms with Gasteiger partial charge in [0.15, 0.2) is 0 Å². The third-order valence-corrected chi connectivity index (χ3v) is 4.30. The Hall–Kier alpha value is -0.810. The van der Waals surface area contributed by atoms with E-state index in [2.05, 4.69) is 28.9 Å². The summed E-state index contributed by atoms with van der Waals surface area (Å²) in [5.41, 5.74) is 5.65. The maximum absolute atomic E-state index is 8.70. The highest BCUT2D eigenvalue weighted by Crippen LogP contribution is 2.18. The minimum atomic E-state index is 0.106. The van der Waals surface area contributed by atoms with Gasteiger partial charge in [-0.15, -0.1) is 0 Å². The highest BCUT2D eigenvalue weighted by atomic mass is 16.4. The van der Waals surface area contributed by atoms with Crippen molar-refractivity contribution in [3.63, 3.8) is 0 Å². The van der Waals surface area contributed by atoms with Crippen molar-refractivity contribution in [2.24, 2.45) is 16.8 Å². The van der Waals surface area contributed by atoms with Gasteiger partial charge in [0.05, 0.1) is 0 Å². The molecule has 0 aromatic carbocycles. The fraction of sp³-hybridized carbons (Fsp3) is 0.929. The lowest BCUT2D eigenvalue weighted by Crippen LogP contribution is -2.41. The molecule has 5 nitrogen and oxygen atoms in total. The van der Waals surface area contributed by atoms with Crippen molar-refractivity contribution in [2.45, 2.75) is 45.6 Å². The summed E-state index contributed by atoms with van der Waals surface area (Å²) in [6.45, 7) is 8.38. The van der Waals surface area contributed by atoms with Crippen molar-refractivity contribution >= 4 is 5.84 Å². The minimum absolute atomic E-state index is 0.106. The summed E-state index contributed by atoms with van der Waals surface area (Å²) in [6.07, 6.45) is 5.24. The molecule has 0 radical (unpaired) electrons. The maximum Gasteiger partial charge on any atom is 0.143 e. The first-order chi connectivity index (χ1) is 9.08. The molecule has 0 spiro atoms. The van der Waals surface area contributed by atoms with Gasteiger partial charge in [-0.05, 0) is 45.9 Å².